The third-order valence-electron chi connectivity index (χ3n) is 2.51. The van der Waals surface area contributed by atoms with Crippen LogP contribution in [0.15, 0.2) is 0 Å². The summed E-state index contributed by atoms with van der Waals surface area (Å²) in [4.78, 5) is 9.59. The van der Waals surface area contributed by atoms with Gasteiger partial charge in [0.1, 0.15) is 0 Å². The highest BCUT2D eigenvalue weighted by atomic mass is 16.8. The molecule has 1 fully saturated rings. The Kier molecular flexibility index (Phi) is 7.46. The second-order valence-electron chi connectivity index (χ2n) is 4.60. The topological polar surface area (TPSA) is 94.5 Å². The fourth-order valence-electron chi connectivity index (χ4n) is 1.21. The lowest BCUT2D eigenvalue weighted by Crippen LogP contribution is -2.52. The monoisotopic (exact) mass is 280 g/mol. The van der Waals surface area contributed by atoms with Gasteiger partial charge in [-0.25, -0.2) is 0 Å². The van der Waals surface area contributed by atoms with Crippen molar-refractivity contribution in [2.45, 2.75) is 51.5 Å². The quantitative estimate of drug-likeness (QED) is 0.570. The van der Waals surface area contributed by atoms with E-state index in [2.05, 4.69) is 4.74 Å². The van der Waals surface area contributed by atoms with Crippen molar-refractivity contribution < 1.29 is 34.0 Å². The van der Waals surface area contributed by atoms with Gasteiger partial charge < -0.3 is 29.2 Å². The molecule has 7 nitrogen and oxygen atoms in total. The van der Waals surface area contributed by atoms with E-state index in [1.165, 1.54) is 21.1 Å². The van der Waals surface area contributed by atoms with Crippen molar-refractivity contribution in [3.63, 3.8) is 0 Å². The van der Waals surface area contributed by atoms with E-state index in [1.807, 2.05) is 0 Å². The van der Waals surface area contributed by atoms with Crippen LogP contribution in [0.4, 0.5) is 0 Å². The third kappa shape index (κ3) is 7.44. The van der Waals surface area contributed by atoms with Gasteiger partial charge in [-0.05, 0) is 20.3 Å². The highest BCUT2D eigenvalue weighted by Gasteiger charge is 2.42. The second-order valence-corrected chi connectivity index (χ2v) is 4.60. The average molecular weight is 280 g/mol. The lowest BCUT2D eigenvalue weighted by molar-refractivity contribution is -0.388. The van der Waals surface area contributed by atoms with Crippen molar-refractivity contribution in [3.05, 3.63) is 0 Å². The molecule has 0 aromatic carbocycles. The van der Waals surface area contributed by atoms with Gasteiger partial charge in [0.05, 0.1) is 13.7 Å². The lowest BCUT2D eigenvalue weighted by Gasteiger charge is -2.38. The number of esters is 1. The van der Waals surface area contributed by atoms with Gasteiger partial charge in [-0.3, -0.25) is 4.79 Å². The van der Waals surface area contributed by atoms with Crippen molar-refractivity contribution in [2.75, 3.05) is 20.8 Å². The van der Waals surface area contributed by atoms with Crippen molar-refractivity contribution in [2.24, 2.45) is 0 Å². The molecule has 1 atom stereocenters. The molecule has 2 N–H and O–H groups in total. The number of carbonyl (C=O) groups excluding carboxylic acids is 1. The average Bonchev–Trinajstić information content (AvgIpc) is 2.32. The smallest absolute Gasteiger partial charge is 0.302 e. The number of aliphatic hydroxyl groups is 2. The zero-order valence-corrected chi connectivity index (χ0v) is 12.1. The molecular weight excluding hydrogens is 256 g/mol. The first-order valence-corrected chi connectivity index (χ1v) is 5.98. The first-order valence-electron chi connectivity index (χ1n) is 5.98. The van der Waals surface area contributed by atoms with Crippen LogP contribution in [0.2, 0.25) is 0 Å². The normalized spacial score (nSPS) is 22.2. The molecule has 1 aliphatic heterocycles. The molecule has 1 rings (SSSR count). The van der Waals surface area contributed by atoms with Crippen molar-refractivity contribution in [1.82, 2.24) is 0 Å². The Morgan fingerprint density at radius 2 is 1.89 bits per heavy atom. The van der Waals surface area contributed by atoms with Crippen LogP contribution >= 0.6 is 0 Å². The molecule has 0 aromatic heterocycles. The Bertz CT molecular complexity index is 275. The van der Waals surface area contributed by atoms with Crippen LogP contribution in [0.3, 0.4) is 0 Å². The van der Waals surface area contributed by atoms with Crippen molar-refractivity contribution in [1.29, 1.82) is 0 Å². The summed E-state index contributed by atoms with van der Waals surface area (Å²) in [5.74, 6) is -3.06. The van der Waals surface area contributed by atoms with Gasteiger partial charge in [0.15, 0.2) is 5.79 Å². The van der Waals surface area contributed by atoms with Crippen LogP contribution in [0.25, 0.3) is 0 Å². The SMILES string of the molecule is COC(C)(C)OC1OCCCC1(O)O.COC(C)=O. The summed E-state index contributed by atoms with van der Waals surface area (Å²) in [6.07, 6.45) is -0.191. The number of hydrogen-bond acceptors (Lipinski definition) is 7. The molecular formula is C12H24O7. The van der Waals surface area contributed by atoms with Crippen molar-refractivity contribution >= 4 is 5.97 Å². The van der Waals surface area contributed by atoms with E-state index in [-0.39, 0.29) is 12.4 Å². The van der Waals surface area contributed by atoms with E-state index in [9.17, 15) is 15.0 Å². The molecule has 19 heavy (non-hydrogen) atoms. The Labute approximate surface area is 113 Å². The van der Waals surface area contributed by atoms with Gasteiger partial charge in [0, 0.05) is 20.5 Å². The van der Waals surface area contributed by atoms with E-state index < -0.39 is 17.9 Å². The fourth-order valence-corrected chi connectivity index (χ4v) is 1.21. The van der Waals surface area contributed by atoms with Gasteiger partial charge in [-0.1, -0.05) is 0 Å². The summed E-state index contributed by atoms with van der Waals surface area (Å²) in [5, 5.41) is 19.1. The predicted molar refractivity (Wildman–Crippen MR) is 66.0 cm³/mol. The first kappa shape index (κ1) is 18.3. The zero-order valence-electron chi connectivity index (χ0n) is 12.1. The van der Waals surface area contributed by atoms with Crippen LogP contribution < -0.4 is 0 Å². The minimum atomic E-state index is -1.92. The number of ether oxygens (including phenoxy) is 4. The van der Waals surface area contributed by atoms with Crippen LogP contribution in [0.5, 0.6) is 0 Å². The van der Waals surface area contributed by atoms with E-state index in [0.29, 0.717) is 13.0 Å². The molecule has 0 saturated carbocycles. The maximum Gasteiger partial charge on any atom is 0.302 e. The largest absolute Gasteiger partial charge is 0.469 e. The van der Waals surface area contributed by atoms with Crippen LogP contribution in [0, 0.1) is 0 Å². The predicted octanol–water partition coefficient (Wildman–Crippen LogP) is 0.382. The summed E-state index contributed by atoms with van der Waals surface area (Å²) in [7, 11) is 2.83. The standard InChI is InChI=1S/C9H18O5.C3H6O2/c1-8(2,12-3)14-7-9(10,11)5-4-6-13-7;1-3(4)5-2/h7,10-11H,4-6H2,1-3H3;1-2H3. The minimum Gasteiger partial charge on any atom is -0.469 e. The van der Waals surface area contributed by atoms with Gasteiger partial charge >= 0.3 is 5.97 Å². The minimum absolute atomic E-state index is 0.245. The molecule has 7 heteroatoms. The Morgan fingerprint density at radius 1 is 1.37 bits per heavy atom. The number of carbonyl (C=O) groups is 1. The summed E-state index contributed by atoms with van der Waals surface area (Å²) >= 11 is 0. The van der Waals surface area contributed by atoms with E-state index >= 15 is 0 Å². The number of hydrogen-bond donors (Lipinski definition) is 2. The molecule has 0 bridgehead atoms. The van der Waals surface area contributed by atoms with Gasteiger partial charge in [0.25, 0.3) is 0 Å². The molecule has 1 heterocycles. The lowest BCUT2D eigenvalue weighted by atomic mass is 10.1. The fraction of sp³-hybridized carbons (Fsp3) is 0.917. The zero-order chi connectivity index (χ0) is 15.1. The molecule has 0 radical (unpaired) electrons. The number of rotatable bonds is 3. The van der Waals surface area contributed by atoms with E-state index in [0.717, 1.165) is 0 Å². The molecule has 0 aliphatic carbocycles. The molecule has 1 aliphatic rings. The van der Waals surface area contributed by atoms with Crippen LogP contribution in [0.1, 0.15) is 33.6 Å². The van der Waals surface area contributed by atoms with E-state index in [1.54, 1.807) is 13.8 Å². The van der Waals surface area contributed by atoms with Crippen molar-refractivity contribution in [3.8, 4) is 0 Å². The third-order valence-corrected chi connectivity index (χ3v) is 2.51. The second kappa shape index (κ2) is 7.76. The van der Waals surface area contributed by atoms with Crippen LogP contribution in [-0.2, 0) is 23.7 Å². The van der Waals surface area contributed by atoms with Gasteiger partial charge in [-0.15, -0.1) is 0 Å². The summed E-state index contributed by atoms with van der Waals surface area (Å²) in [5.41, 5.74) is 0. The molecule has 0 aromatic rings. The number of methoxy groups -OCH3 is 2. The van der Waals surface area contributed by atoms with Gasteiger partial charge in [0.2, 0.25) is 12.1 Å². The highest BCUT2D eigenvalue weighted by Crippen LogP contribution is 2.27. The molecule has 114 valence electrons. The molecule has 0 spiro atoms. The molecule has 0 amide bonds. The molecule has 1 saturated heterocycles. The molecule has 1 unspecified atom stereocenters. The van der Waals surface area contributed by atoms with Crippen LogP contribution in [-0.4, -0.2) is 54.9 Å². The summed E-state index contributed by atoms with van der Waals surface area (Å²) in [6, 6.07) is 0. The Balaban J connectivity index is 0.000000555. The van der Waals surface area contributed by atoms with E-state index in [4.69, 9.17) is 14.2 Å². The summed E-state index contributed by atoms with van der Waals surface area (Å²) < 4.78 is 19.5. The van der Waals surface area contributed by atoms with Gasteiger partial charge in [-0.2, -0.15) is 0 Å². The maximum atomic E-state index is 9.59. The first-order chi connectivity index (χ1) is 8.64. The maximum absolute atomic E-state index is 9.59. The Hall–Kier alpha value is -0.730. The Morgan fingerprint density at radius 3 is 2.26 bits per heavy atom. The highest BCUT2D eigenvalue weighted by molar-refractivity contribution is 5.65. The summed E-state index contributed by atoms with van der Waals surface area (Å²) in [6.45, 7) is 5.19.